The molecule has 6 heteroatoms. The molecule has 2 heterocycles. The molecule has 1 aromatic heterocycles. The van der Waals surface area contributed by atoms with E-state index in [1.54, 1.807) is 17.7 Å². The summed E-state index contributed by atoms with van der Waals surface area (Å²) >= 11 is 0. The Morgan fingerprint density at radius 2 is 2.04 bits per heavy atom. The summed E-state index contributed by atoms with van der Waals surface area (Å²) in [5.74, 6) is 0.148. The summed E-state index contributed by atoms with van der Waals surface area (Å²) in [4.78, 5) is 22.8. The fourth-order valence-electron chi connectivity index (χ4n) is 3.11. The lowest BCUT2D eigenvalue weighted by Crippen LogP contribution is -2.15. The zero-order valence-corrected chi connectivity index (χ0v) is 13.8. The second-order valence-electron chi connectivity index (χ2n) is 5.98. The van der Waals surface area contributed by atoms with Gasteiger partial charge in [-0.15, -0.1) is 0 Å². The topological polar surface area (TPSA) is 77.8 Å². The fraction of sp³-hybridized carbons (Fsp3) is 0.333. The lowest BCUT2D eigenvalue weighted by Gasteiger charge is -2.23. The van der Waals surface area contributed by atoms with Crippen molar-refractivity contribution in [3.05, 3.63) is 35.0 Å². The number of aromatic nitrogens is 1. The number of carbonyl (C=O) groups excluding carboxylic acids is 1. The van der Waals surface area contributed by atoms with Crippen LogP contribution >= 0.6 is 0 Å². The third-order valence-electron chi connectivity index (χ3n) is 4.11. The number of fused-ring (bicyclic) bond motifs is 3. The number of nitrogens with zero attached hydrogens (tertiary/aromatic N) is 1. The molecule has 0 bridgehead atoms. The average molecular weight is 329 g/mol. The second-order valence-corrected chi connectivity index (χ2v) is 5.98. The summed E-state index contributed by atoms with van der Waals surface area (Å²) in [6.07, 6.45) is 1.27. The van der Waals surface area contributed by atoms with Crippen LogP contribution in [0.5, 0.6) is 11.5 Å². The van der Waals surface area contributed by atoms with Gasteiger partial charge in [0, 0.05) is 17.8 Å². The van der Waals surface area contributed by atoms with Gasteiger partial charge in [-0.1, -0.05) is 0 Å². The molecule has 1 aliphatic rings. The van der Waals surface area contributed by atoms with E-state index in [1.165, 1.54) is 0 Å². The number of ether oxygens (including phenoxy) is 2. The van der Waals surface area contributed by atoms with Gasteiger partial charge >= 0.3 is 5.97 Å². The van der Waals surface area contributed by atoms with Gasteiger partial charge < -0.3 is 19.1 Å². The Morgan fingerprint density at radius 1 is 1.29 bits per heavy atom. The number of aldehydes is 1. The van der Waals surface area contributed by atoms with Crippen LogP contribution in [-0.4, -0.2) is 35.1 Å². The third-order valence-corrected chi connectivity index (χ3v) is 4.11. The molecule has 24 heavy (non-hydrogen) atoms. The van der Waals surface area contributed by atoms with Crippen molar-refractivity contribution in [2.45, 2.75) is 32.9 Å². The summed E-state index contributed by atoms with van der Waals surface area (Å²) in [6, 6.07) is 5.33. The van der Waals surface area contributed by atoms with Crippen LogP contribution in [0.3, 0.4) is 0 Å². The normalized spacial score (nSPS) is 12.5. The molecule has 1 N–H and O–H groups in total. The van der Waals surface area contributed by atoms with Gasteiger partial charge in [-0.25, -0.2) is 4.79 Å². The van der Waals surface area contributed by atoms with Crippen LogP contribution in [0.4, 0.5) is 0 Å². The van der Waals surface area contributed by atoms with Gasteiger partial charge in [-0.2, -0.15) is 0 Å². The molecule has 0 amide bonds. The van der Waals surface area contributed by atoms with E-state index in [0.717, 1.165) is 11.1 Å². The lowest BCUT2D eigenvalue weighted by atomic mass is 9.97. The molecule has 2 aromatic rings. The maximum atomic E-state index is 11.4. The Morgan fingerprint density at radius 3 is 2.62 bits per heavy atom. The van der Waals surface area contributed by atoms with Crippen molar-refractivity contribution in [2.75, 3.05) is 7.11 Å². The van der Waals surface area contributed by atoms with Crippen LogP contribution in [0.2, 0.25) is 0 Å². The van der Waals surface area contributed by atoms with Crippen LogP contribution in [0.15, 0.2) is 18.2 Å². The van der Waals surface area contributed by atoms with E-state index in [0.29, 0.717) is 36.4 Å². The molecule has 0 unspecified atom stereocenters. The van der Waals surface area contributed by atoms with Crippen molar-refractivity contribution >= 4 is 12.3 Å². The second kappa shape index (κ2) is 6.03. The van der Waals surface area contributed by atoms with E-state index >= 15 is 0 Å². The molecular weight excluding hydrogens is 310 g/mol. The minimum atomic E-state index is -1.10. The van der Waals surface area contributed by atoms with Crippen molar-refractivity contribution in [1.29, 1.82) is 0 Å². The number of rotatable bonds is 5. The van der Waals surface area contributed by atoms with Crippen LogP contribution in [0.1, 0.15) is 40.3 Å². The Kier molecular flexibility index (Phi) is 4.05. The monoisotopic (exact) mass is 329 g/mol. The van der Waals surface area contributed by atoms with Crippen molar-refractivity contribution in [1.82, 2.24) is 4.57 Å². The molecule has 0 fully saturated rings. The third kappa shape index (κ3) is 2.54. The molecule has 1 aromatic carbocycles. The van der Waals surface area contributed by atoms with Crippen LogP contribution in [-0.2, 0) is 13.0 Å². The fourth-order valence-corrected chi connectivity index (χ4v) is 3.11. The quantitative estimate of drug-likeness (QED) is 0.853. The summed E-state index contributed by atoms with van der Waals surface area (Å²) < 4.78 is 13.0. The van der Waals surface area contributed by atoms with Crippen LogP contribution < -0.4 is 9.47 Å². The van der Waals surface area contributed by atoms with Crippen molar-refractivity contribution < 1.29 is 24.2 Å². The first kappa shape index (κ1) is 16.1. The molecular formula is C18H19NO5. The molecule has 6 nitrogen and oxygen atoms in total. The molecule has 0 aliphatic carbocycles. The highest BCUT2D eigenvalue weighted by molar-refractivity contribution is 5.98. The van der Waals surface area contributed by atoms with E-state index < -0.39 is 5.97 Å². The minimum absolute atomic E-state index is 0.0209. The molecule has 0 saturated heterocycles. The number of carbonyl (C=O) groups is 2. The summed E-state index contributed by atoms with van der Waals surface area (Å²) in [5.41, 5.74) is 2.85. The maximum Gasteiger partial charge on any atom is 0.338 e. The number of aromatic carboxylic acids is 1. The first-order valence-electron chi connectivity index (χ1n) is 7.76. The number of aryl methyl sites for hydroxylation is 1. The minimum Gasteiger partial charge on any atom is -0.493 e. The Labute approximate surface area is 139 Å². The predicted molar refractivity (Wildman–Crippen MR) is 88.2 cm³/mol. The Balaban J connectivity index is 2.20. The van der Waals surface area contributed by atoms with Crippen LogP contribution in [0.25, 0.3) is 11.3 Å². The maximum absolute atomic E-state index is 11.4. The van der Waals surface area contributed by atoms with Crippen molar-refractivity contribution in [2.24, 2.45) is 0 Å². The molecule has 1 aliphatic heterocycles. The Hall–Kier alpha value is -2.76. The highest BCUT2D eigenvalue weighted by Gasteiger charge is 2.26. The lowest BCUT2D eigenvalue weighted by molar-refractivity contribution is 0.0693. The number of methoxy groups -OCH3 is 1. The van der Waals surface area contributed by atoms with Gasteiger partial charge in [-0.3, -0.25) is 4.79 Å². The van der Waals surface area contributed by atoms with Gasteiger partial charge in [0.05, 0.1) is 24.5 Å². The summed E-state index contributed by atoms with van der Waals surface area (Å²) in [6.45, 7) is 4.40. The van der Waals surface area contributed by atoms with E-state index in [4.69, 9.17) is 9.47 Å². The molecule has 0 atom stereocenters. The first-order chi connectivity index (χ1) is 11.5. The van der Waals surface area contributed by atoms with Gasteiger partial charge in [0.1, 0.15) is 0 Å². The van der Waals surface area contributed by atoms with Gasteiger partial charge in [-0.05, 0) is 44.0 Å². The van der Waals surface area contributed by atoms with Gasteiger partial charge in [0.25, 0.3) is 0 Å². The highest BCUT2D eigenvalue weighted by Crippen LogP contribution is 2.40. The number of carboxylic acid groups (broad SMARTS) is 1. The van der Waals surface area contributed by atoms with Gasteiger partial charge in [0.15, 0.2) is 17.8 Å². The predicted octanol–water partition coefficient (Wildman–Crippen LogP) is 3.02. The number of benzene rings is 1. The number of hydrogen-bond donors (Lipinski definition) is 1. The van der Waals surface area contributed by atoms with Crippen LogP contribution in [0, 0.1) is 0 Å². The summed E-state index contributed by atoms with van der Waals surface area (Å²) in [5, 5.41) is 9.33. The summed E-state index contributed by atoms with van der Waals surface area (Å²) in [7, 11) is 1.59. The smallest absolute Gasteiger partial charge is 0.338 e. The number of hydrogen-bond acceptors (Lipinski definition) is 4. The van der Waals surface area contributed by atoms with E-state index in [-0.39, 0.29) is 17.4 Å². The van der Waals surface area contributed by atoms with Crippen molar-refractivity contribution in [3.8, 4) is 22.8 Å². The van der Waals surface area contributed by atoms with E-state index in [9.17, 15) is 14.7 Å². The molecule has 3 rings (SSSR count). The highest BCUT2D eigenvalue weighted by atomic mass is 16.5. The van der Waals surface area contributed by atoms with E-state index in [1.807, 2.05) is 26.0 Å². The first-order valence-corrected chi connectivity index (χ1v) is 7.76. The molecule has 0 radical (unpaired) electrons. The zero-order chi connectivity index (χ0) is 17.4. The SMILES string of the molecule is COc1cc2c(cc1OC(C)C)-c1cc(C(=O)O)c(C=O)n1CC2. The van der Waals surface area contributed by atoms with Crippen molar-refractivity contribution in [3.63, 3.8) is 0 Å². The largest absolute Gasteiger partial charge is 0.493 e. The molecule has 0 spiro atoms. The standard InChI is InChI=1S/C18H19NO5/c1-10(2)24-17-8-12-11(6-16(17)23-3)4-5-19-14(12)7-13(18(21)22)15(19)9-20/h6-10H,4-5H2,1-3H3,(H,21,22). The van der Waals surface area contributed by atoms with Gasteiger partial charge in [0.2, 0.25) is 0 Å². The molecule has 0 saturated carbocycles. The van der Waals surface area contributed by atoms with E-state index in [2.05, 4.69) is 0 Å². The average Bonchev–Trinajstić information content (AvgIpc) is 2.92. The number of carboxylic acids is 1. The Bertz CT molecular complexity index is 819. The molecule has 126 valence electrons. The zero-order valence-electron chi connectivity index (χ0n) is 13.8.